The summed E-state index contributed by atoms with van der Waals surface area (Å²) in [6.45, 7) is 1.14. The monoisotopic (exact) mass is 286 g/mol. The van der Waals surface area contributed by atoms with Crippen molar-refractivity contribution in [1.82, 2.24) is 0 Å². The van der Waals surface area contributed by atoms with E-state index in [1.165, 1.54) is 24.3 Å². The second-order valence-corrected chi connectivity index (χ2v) is 4.20. The first-order chi connectivity index (χ1) is 8.49. The van der Waals surface area contributed by atoms with Crippen LogP contribution in [0.3, 0.4) is 0 Å². The van der Waals surface area contributed by atoms with Crippen LogP contribution in [0.4, 0.5) is 26.3 Å². The molecular formula is C12H12F6O. The van der Waals surface area contributed by atoms with E-state index in [4.69, 9.17) is 0 Å². The number of hydrogen-bond acceptors (Lipinski definition) is 1. The minimum Gasteiger partial charge on any atom is -0.350 e. The van der Waals surface area contributed by atoms with Gasteiger partial charge < -0.3 is 4.74 Å². The Morgan fingerprint density at radius 2 is 1.32 bits per heavy atom. The lowest BCUT2D eigenvalue weighted by Crippen LogP contribution is -2.56. The average Bonchev–Trinajstić information content (AvgIpc) is 2.27. The molecule has 1 unspecified atom stereocenters. The van der Waals surface area contributed by atoms with E-state index >= 15 is 0 Å². The van der Waals surface area contributed by atoms with E-state index in [-0.39, 0.29) is 12.5 Å². The quantitative estimate of drug-likeness (QED) is 0.735. The summed E-state index contributed by atoms with van der Waals surface area (Å²) < 4.78 is 80.1. The SMILES string of the molecule is CC(OC(C)(C(F)(F)F)C(F)(F)F)c1ccccc1. The Balaban J connectivity index is 3.04. The van der Waals surface area contributed by atoms with E-state index in [0.29, 0.717) is 0 Å². The first-order valence-corrected chi connectivity index (χ1v) is 5.35. The van der Waals surface area contributed by atoms with Crippen LogP contribution in [-0.2, 0) is 4.74 Å². The largest absolute Gasteiger partial charge is 0.426 e. The normalized spacial score (nSPS) is 15.4. The highest BCUT2D eigenvalue weighted by Gasteiger charge is 2.69. The molecule has 0 saturated carbocycles. The van der Waals surface area contributed by atoms with Gasteiger partial charge in [0.05, 0.1) is 6.10 Å². The lowest BCUT2D eigenvalue weighted by atomic mass is 10.0. The van der Waals surface area contributed by atoms with Crippen LogP contribution in [0.25, 0.3) is 0 Å². The van der Waals surface area contributed by atoms with Crippen LogP contribution in [0, 0.1) is 0 Å². The van der Waals surface area contributed by atoms with Crippen LogP contribution >= 0.6 is 0 Å². The van der Waals surface area contributed by atoms with E-state index < -0.39 is 24.1 Å². The molecule has 0 amide bonds. The first-order valence-electron chi connectivity index (χ1n) is 5.35. The summed E-state index contributed by atoms with van der Waals surface area (Å²) in [7, 11) is 0. The van der Waals surface area contributed by atoms with Crippen LogP contribution in [0.1, 0.15) is 25.5 Å². The summed E-state index contributed by atoms with van der Waals surface area (Å²) in [5, 5.41) is 0. The van der Waals surface area contributed by atoms with Crippen molar-refractivity contribution in [1.29, 1.82) is 0 Å². The molecule has 7 heteroatoms. The number of rotatable bonds is 3. The zero-order chi connectivity index (χ0) is 14.9. The lowest BCUT2D eigenvalue weighted by molar-refractivity contribution is -0.383. The Bertz CT molecular complexity index is 394. The fourth-order valence-electron chi connectivity index (χ4n) is 1.44. The molecule has 0 N–H and O–H groups in total. The molecule has 1 rings (SSSR count). The minimum absolute atomic E-state index is 0.00750. The van der Waals surface area contributed by atoms with Crippen LogP contribution in [-0.4, -0.2) is 18.0 Å². The molecule has 0 aromatic heterocycles. The Labute approximate surface area is 106 Å². The maximum absolute atomic E-state index is 12.6. The fourth-order valence-corrected chi connectivity index (χ4v) is 1.44. The molecule has 1 aromatic carbocycles. The Hall–Kier alpha value is -1.24. The van der Waals surface area contributed by atoms with Gasteiger partial charge in [0.1, 0.15) is 0 Å². The van der Waals surface area contributed by atoms with Crippen molar-refractivity contribution in [3.63, 3.8) is 0 Å². The summed E-state index contributed by atoms with van der Waals surface area (Å²) in [4.78, 5) is 0. The second-order valence-electron chi connectivity index (χ2n) is 4.20. The zero-order valence-electron chi connectivity index (χ0n) is 10.1. The third-order valence-corrected chi connectivity index (χ3v) is 2.76. The summed E-state index contributed by atoms with van der Waals surface area (Å²) in [6.07, 6.45) is -12.4. The predicted octanol–water partition coefficient (Wildman–Crippen LogP) is 4.65. The van der Waals surface area contributed by atoms with Crippen molar-refractivity contribution in [3.8, 4) is 0 Å². The van der Waals surface area contributed by atoms with Gasteiger partial charge in [-0.1, -0.05) is 30.3 Å². The standard InChI is InChI=1S/C12H12F6O/c1-8(9-6-4-3-5-7-9)19-10(2,11(13,14)15)12(16,17)18/h3-8H,1-2H3. The lowest BCUT2D eigenvalue weighted by Gasteiger charge is -2.36. The molecule has 0 aliphatic carbocycles. The van der Waals surface area contributed by atoms with E-state index in [1.807, 2.05) is 0 Å². The molecule has 0 spiro atoms. The van der Waals surface area contributed by atoms with Gasteiger partial charge in [0.25, 0.3) is 5.60 Å². The molecule has 0 radical (unpaired) electrons. The van der Waals surface area contributed by atoms with Gasteiger partial charge in [0.15, 0.2) is 0 Å². The zero-order valence-corrected chi connectivity index (χ0v) is 10.1. The van der Waals surface area contributed by atoms with Crippen LogP contribution in [0.15, 0.2) is 30.3 Å². The number of alkyl halides is 6. The third-order valence-electron chi connectivity index (χ3n) is 2.76. The van der Waals surface area contributed by atoms with Crippen molar-refractivity contribution >= 4 is 0 Å². The van der Waals surface area contributed by atoms with Gasteiger partial charge in [0, 0.05) is 0 Å². The molecule has 0 saturated heterocycles. The Morgan fingerprint density at radius 3 is 1.68 bits per heavy atom. The van der Waals surface area contributed by atoms with Gasteiger partial charge in [0.2, 0.25) is 0 Å². The molecule has 0 aliphatic rings. The highest BCUT2D eigenvalue weighted by atomic mass is 19.4. The molecule has 1 atom stereocenters. The second kappa shape index (κ2) is 5.03. The smallest absolute Gasteiger partial charge is 0.350 e. The topological polar surface area (TPSA) is 9.23 Å². The van der Waals surface area contributed by atoms with Crippen molar-refractivity contribution in [2.45, 2.75) is 37.9 Å². The Morgan fingerprint density at radius 1 is 0.895 bits per heavy atom. The van der Waals surface area contributed by atoms with Crippen LogP contribution in [0.5, 0.6) is 0 Å². The number of hydrogen-bond donors (Lipinski definition) is 0. The maximum Gasteiger partial charge on any atom is 0.426 e. The predicted molar refractivity (Wildman–Crippen MR) is 56.5 cm³/mol. The summed E-state index contributed by atoms with van der Waals surface area (Å²) in [5.41, 5.74) is -3.96. The number of halogens is 6. The van der Waals surface area contributed by atoms with Crippen LogP contribution in [0.2, 0.25) is 0 Å². The molecule has 1 aromatic rings. The third kappa shape index (κ3) is 3.20. The fraction of sp³-hybridized carbons (Fsp3) is 0.500. The molecule has 0 fully saturated rings. The van der Waals surface area contributed by atoms with Crippen molar-refractivity contribution in [3.05, 3.63) is 35.9 Å². The van der Waals surface area contributed by atoms with E-state index in [2.05, 4.69) is 4.74 Å². The average molecular weight is 286 g/mol. The van der Waals surface area contributed by atoms with Crippen molar-refractivity contribution in [2.75, 3.05) is 0 Å². The Kier molecular flexibility index (Phi) is 4.19. The molecule has 19 heavy (non-hydrogen) atoms. The molecule has 0 aliphatic heterocycles. The minimum atomic E-state index is -5.55. The van der Waals surface area contributed by atoms with Crippen molar-refractivity contribution < 1.29 is 31.1 Å². The van der Waals surface area contributed by atoms with Gasteiger partial charge >= 0.3 is 12.4 Å². The highest BCUT2D eigenvalue weighted by Crippen LogP contribution is 2.47. The summed E-state index contributed by atoms with van der Waals surface area (Å²) in [5.74, 6) is 0. The van der Waals surface area contributed by atoms with Gasteiger partial charge in [-0.05, 0) is 19.4 Å². The van der Waals surface area contributed by atoms with Gasteiger partial charge in [-0.15, -0.1) is 0 Å². The van der Waals surface area contributed by atoms with E-state index in [0.717, 1.165) is 6.92 Å². The van der Waals surface area contributed by atoms with Gasteiger partial charge in [-0.3, -0.25) is 0 Å². The van der Waals surface area contributed by atoms with Crippen LogP contribution < -0.4 is 0 Å². The van der Waals surface area contributed by atoms with Gasteiger partial charge in [-0.25, -0.2) is 0 Å². The maximum atomic E-state index is 12.6. The number of ether oxygens (including phenoxy) is 1. The molecule has 1 nitrogen and oxygen atoms in total. The molecule has 108 valence electrons. The van der Waals surface area contributed by atoms with E-state index in [9.17, 15) is 26.3 Å². The molecular weight excluding hydrogens is 274 g/mol. The number of benzene rings is 1. The molecule has 0 heterocycles. The molecule has 0 bridgehead atoms. The first kappa shape index (κ1) is 15.8. The summed E-state index contributed by atoms with van der Waals surface area (Å²) in [6, 6.07) is 7.42. The summed E-state index contributed by atoms with van der Waals surface area (Å²) >= 11 is 0. The van der Waals surface area contributed by atoms with Crippen molar-refractivity contribution in [2.24, 2.45) is 0 Å². The highest BCUT2D eigenvalue weighted by molar-refractivity contribution is 5.17. The van der Waals surface area contributed by atoms with Gasteiger partial charge in [-0.2, -0.15) is 26.3 Å². The van der Waals surface area contributed by atoms with E-state index in [1.54, 1.807) is 6.07 Å².